The van der Waals surface area contributed by atoms with Gasteiger partial charge >= 0.3 is 0 Å². The molecule has 16 heavy (non-hydrogen) atoms. The zero-order valence-electron chi connectivity index (χ0n) is 9.54. The van der Waals surface area contributed by atoms with Crippen molar-refractivity contribution in [2.45, 2.75) is 32.7 Å². The lowest BCUT2D eigenvalue weighted by atomic mass is 10.0. The van der Waals surface area contributed by atoms with Gasteiger partial charge in [0.1, 0.15) is 6.33 Å². The van der Waals surface area contributed by atoms with E-state index in [0.717, 1.165) is 0 Å². The number of aryl methyl sites for hydroxylation is 1. The first kappa shape index (κ1) is 12.4. The summed E-state index contributed by atoms with van der Waals surface area (Å²) in [5, 5.41) is 2.83. The normalized spacial score (nSPS) is 11.2. The van der Waals surface area contributed by atoms with Crippen LogP contribution in [-0.2, 0) is 4.79 Å². The molecule has 0 radical (unpaired) electrons. The maximum Gasteiger partial charge on any atom is 0.219 e. The van der Waals surface area contributed by atoms with Crippen molar-refractivity contribution in [1.29, 1.82) is 0 Å². The second-order valence-electron chi connectivity index (χ2n) is 4.27. The second kappa shape index (κ2) is 4.42. The highest BCUT2D eigenvalue weighted by Crippen LogP contribution is 2.19. The van der Waals surface area contributed by atoms with E-state index >= 15 is 0 Å². The highest BCUT2D eigenvalue weighted by molar-refractivity contribution is 5.75. The number of nitrogens with zero attached hydrogens (tertiary/aromatic N) is 2. The first-order valence-corrected chi connectivity index (χ1v) is 4.85. The zero-order valence-corrected chi connectivity index (χ0v) is 9.54. The van der Waals surface area contributed by atoms with Crippen LogP contribution in [0.1, 0.15) is 26.0 Å². The fourth-order valence-electron chi connectivity index (χ4n) is 1.35. The van der Waals surface area contributed by atoms with E-state index in [4.69, 9.17) is 5.73 Å². The molecule has 5 nitrogen and oxygen atoms in total. The Kier molecular flexibility index (Phi) is 3.41. The Morgan fingerprint density at radius 2 is 2.19 bits per heavy atom. The molecule has 0 aliphatic carbocycles. The van der Waals surface area contributed by atoms with Crippen LogP contribution in [-0.4, -0.2) is 21.4 Å². The molecular formula is C10H15FN4O. The van der Waals surface area contributed by atoms with Gasteiger partial charge in [-0.1, -0.05) is 0 Å². The number of nitrogens with two attached hydrogens (primary N) is 1. The molecule has 0 atom stereocenters. The highest BCUT2D eigenvalue weighted by atomic mass is 19.1. The Morgan fingerprint density at radius 3 is 2.75 bits per heavy atom. The van der Waals surface area contributed by atoms with Crippen LogP contribution < -0.4 is 11.1 Å². The highest BCUT2D eigenvalue weighted by Gasteiger charge is 2.22. The minimum atomic E-state index is -0.645. The number of carbonyl (C=O) groups excluding carboxylic acids is 1. The Labute approximate surface area is 93.3 Å². The number of anilines is 1. The molecule has 0 saturated carbocycles. The summed E-state index contributed by atoms with van der Waals surface area (Å²) in [6.07, 6.45) is 1.36. The molecule has 0 unspecified atom stereocenters. The summed E-state index contributed by atoms with van der Waals surface area (Å²) in [7, 11) is 0. The molecule has 1 heterocycles. The van der Waals surface area contributed by atoms with Crippen LogP contribution in [0.5, 0.6) is 0 Å². The molecule has 0 fully saturated rings. The molecule has 1 rings (SSSR count). The molecule has 0 bridgehead atoms. The zero-order chi connectivity index (χ0) is 12.3. The minimum Gasteiger partial charge on any atom is -0.370 e. The van der Waals surface area contributed by atoms with E-state index < -0.39 is 17.3 Å². The Balaban J connectivity index is 2.87. The Hall–Kier alpha value is -1.72. The number of aromatic nitrogens is 2. The number of hydrogen-bond donors (Lipinski definition) is 2. The first-order chi connectivity index (χ1) is 7.32. The van der Waals surface area contributed by atoms with Crippen LogP contribution >= 0.6 is 0 Å². The summed E-state index contributed by atoms with van der Waals surface area (Å²) in [5.41, 5.74) is 4.71. The van der Waals surface area contributed by atoms with Crippen LogP contribution in [0.15, 0.2) is 6.33 Å². The number of hydrogen-bond acceptors (Lipinski definition) is 4. The molecule has 0 spiro atoms. The van der Waals surface area contributed by atoms with Crippen molar-refractivity contribution in [2.75, 3.05) is 5.32 Å². The quantitative estimate of drug-likeness (QED) is 0.802. The molecule has 6 heteroatoms. The Bertz CT molecular complexity index is 406. The van der Waals surface area contributed by atoms with Gasteiger partial charge in [-0.3, -0.25) is 4.79 Å². The van der Waals surface area contributed by atoms with E-state index in [0.29, 0.717) is 0 Å². The van der Waals surface area contributed by atoms with Gasteiger partial charge < -0.3 is 11.1 Å². The molecule has 0 aliphatic rings. The third kappa shape index (κ3) is 3.15. The van der Waals surface area contributed by atoms with Crippen molar-refractivity contribution < 1.29 is 9.18 Å². The van der Waals surface area contributed by atoms with Crippen LogP contribution in [0.4, 0.5) is 10.2 Å². The van der Waals surface area contributed by atoms with E-state index in [2.05, 4.69) is 15.3 Å². The summed E-state index contributed by atoms with van der Waals surface area (Å²) in [4.78, 5) is 18.3. The number of rotatable bonds is 4. The number of amides is 1. The Morgan fingerprint density at radius 1 is 1.56 bits per heavy atom. The number of primary amides is 1. The van der Waals surface area contributed by atoms with Crippen molar-refractivity contribution in [3.05, 3.63) is 17.8 Å². The topological polar surface area (TPSA) is 80.9 Å². The molecular weight excluding hydrogens is 211 g/mol. The molecule has 0 aromatic carbocycles. The van der Waals surface area contributed by atoms with E-state index in [1.807, 2.05) is 0 Å². The van der Waals surface area contributed by atoms with Gasteiger partial charge in [-0.2, -0.15) is 0 Å². The first-order valence-electron chi connectivity index (χ1n) is 4.85. The summed E-state index contributed by atoms with van der Waals surface area (Å²) in [6.45, 7) is 5.03. The fraction of sp³-hybridized carbons (Fsp3) is 0.500. The summed E-state index contributed by atoms with van der Waals surface area (Å²) in [6, 6.07) is 0. The summed E-state index contributed by atoms with van der Waals surface area (Å²) < 4.78 is 13.6. The predicted octanol–water partition coefficient (Wildman–Crippen LogP) is 0.990. The largest absolute Gasteiger partial charge is 0.370 e. The number of nitrogens with one attached hydrogen (secondary N) is 1. The monoisotopic (exact) mass is 226 g/mol. The average molecular weight is 226 g/mol. The van der Waals surface area contributed by atoms with Crippen molar-refractivity contribution in [3.63, 3.8) is 0 Å². The average Bonchev–Trinajstić information content (AvgIpc) is 2.10. The maximum atomic E-state index is 13.6. The van der Waals surface area contributed by atoms with Gasteiger partial charge in [-0.15, -0.1) is 0 Å². The third-order valence-corrected chi connectivity index (χ3v) is 2.04. The van der Waals surface area contributed by atoms with Crippen LogP contribution in [0, 0.1) is 12.7 Å². The van der Waals surface area contributed by atoms with Gasteiger partial charge in [0.2, 0.25) is 5.91 Å². The van der Waals surface area contributed by atoms with Gasteiger partial charge in [0.15, 0.2) is 11.6 Å². The van der Waals surface area contributed by atoms with E-state index in [9.17, 15) is 9.18 Å². The molecule has 1 aromatic rings. The number of carbonyl (C=O) groups is 1. The lowest BCUT2D eigenvalue weighted by molar-refractivity contribution is -0.118. The SMILES string of the molecule is Cc1ncnc(NC(C)(C)CC(N)=O)c1F. The van der Waals surface area contributed by atoms with Crippen LogP contribution in [0.25, 0.3) is 0 Å². The van der Waals surface area contributed by atoms with E-state index in [1.54, 1.807) is 20.8 Å². The molecule has 88 valence electrons. The third-order valence-electron chi connectivity index (χ3n) is 2.04. The van der Waals surface area contributed by atoms with Crippen molar-refractivity contribution in [1.82, 2.24) is 9.97 Å². The van der Waals surface area contributed by atoms with Gasteiger partial charge in [-0.25, -0.2) is 14.4 Å². The molecule has 1 aromatic heterocycles. The lowest BCUT2D eigenvalue weighted by Crippen LogP contribution is -2.36. The lowest BCUT2D eigenvalue weighted by Gasteiger charge is -2.25. The number of halogens is 1. The van der Waals surface area contributed by atoms with Crippen LogP contribution in [0.2, 0.25) is 0 Å². The fourth-order valence-corrected chi connectivity index (χ4v) is 1.35. The molecule has 0 saturated heterocycles. The summed E-state index contributed by atoms with van der Waals surface area (Å²) >= 11 is 0. The van der Waals surface area contributed by atoms with Crippen LogP contribution in [0.3, 0.4) is 0 Å². The molecule has 0 aliphatic heterocycles. The predicted molar refractivity (Wildman–Crippen MR) is 58.2 cm³/mol. The van der Waals surface area contributed by atoms with Gasteiger partial charge in [0.25, 0.3) is 0 Å². The van der Waals surface area contributed by atoms with E-state index in [-0.39, 0.29) is 17.9 Å². The second-order valence-corrected chi connectivity index (χ2v) is 4.27. The summed E-state index contributed by atoms with van der Waals surface area (Å²) in [5.74, 6) is -0.887. The van der Waals surface area contributed by atoms with Crippen molar-refractivity contribution in [2.24, 2.45) is 5.73 Å². The standard InChI is InChI=1S/C10H15FN4O/c1-6-8(11)9(14-5-13-6)15-10(2,3)4-7(12)16/h5H,4H2,1-3H3,(H2,12,16)(H,13,14,15). The van der Waals surface area contributed by atoms with E-state index in [1.165, 1.54) is 6.33 Å². The minimum absolute atomic E-state index is 0.0822. The maximum absolute atomic E-state index is 13.6. The van der Waals surface area contributed by atoms with Crippen molar-refractivity contribution >= 4 is 11.7 Å². The van der Waals surface area contributed by atoms with Gasteiger partial charge in [0, 0.05) is 12.0 Å². The molecule has 3 N–H and O–H groups in total. The smallest absolute Gasteiger partial charge is 0.219 e. The van der Waals surface area contributed by atoms with Gasteiger partial charge in [-0.05, 0) is 20.8 Å². The van der Waals surface area contributed by atoms with Crippen molar-refractivity contribution in [3.8, 4) is 0 Å². The van der Waals surface area contributed by atoms with Gasteiger partial charge in [0.05, 0.1) is 5.69 Å². The molecule has 1 amide bonds.